The van der Waals surface area contributed by atoms with Gasteiger partial charge in [-0.05, 0) is 0 Å². The standard InChI is InChI=1S/C25H31.C19H19.C2H7Si.2ClH.Zr/c1-5-6-7-8-10-19-17-21-11-9-12-23(24(21)18-19)20-13-15-22(16-14-20)25(2,3)4;1-19(2,3)16-12-10-15(11-13-16)18-9-5-7-14-6-4-8-17(14)18;1-3-2;;;/h9,11-18H,5-8,10H2,1-4H3;4-13H,1-3H3;3H,1-2H3;2*1H;/q;;;;;+2/p-2. The summed E-state index contributed by atoms with van der Waals surface area (Å²) in [5, 5.41) is 0. The second-order valence-electron chi connectivity index (χ2n) is 17.5. The Morgan fingerprint density at radius 2 is 1.16 bits per heavy atom. The third-order valence-corrected chi connectivity index (χ3v) is 63.7. The quantitative estimate of drug-likeness (QED) is 0.111. The van der Waals surface area contributed by atoms with Crippen LogP contribution in [0.15, 0.2) is 96.6 Å². The monoisotopic (exact) mass is 797 g/mol. The Morgan fingerprint density at radius 3 is 1.66 bits per heavy atom. The molecule has 0 heterocycles. The van der Waals surface area contributed by atoms with Crippen LogP contribution in [0.5, 0.6) is 0 Å². The maximum absolute atomic E-state index is 8.62. The molecule has 6 rings (SSSR count). The summed E-state index contributed by atoms with van der Waals surface area (Å²) in [5.74, 6) is -1.61. The van der Waals surface area contributed by atoms with Gasteiger partial charge in [0, 0.05) is 0 Å². The van der Waals surface area contributed by atoms with E-state index in [0.29, 0.717) is 0 Å². The molecule has 4 aromatic carbocycles. The van der Waals surface area contributed by atoms with E-state index in [1.54, 1.807) is 0 Å². The van der Waals surface area contributed by atoms with E-state index in [1.165, 1.54) is 86.9 Å². The summed E-state index contributed by atoms with van der Waals surface area (Å²) in [6.07, 6.45) is 13.3. The second-order valence-corrected chi connectivity index (χ2v) is 60.1. The molecule has 50 heavy (non-hydrogen) atoms. The number of unbranched alkanes of at least 4 members (excludes halogenated alkanes) is 3. The first-order chi connectivity index (χ1) is 23.5. The molecule has 0 saturated heterocycles. The minimum atomic E-state index is -4.77. The zero-order chi connectivity index (χ0) is 36.1. The van der Waals surface area contributed by atoms with Gasteiger partial charge in [0.2, 0.25) is 0 Å². The average molecular weight is 800 g/mol. The van der Waals surface area contributed by atoms with Gasteiger partial charge >= 0.3 is 315 Å². The van der Waals surface area contributed by atoms with Crippen molar-refractivity contribution in [2.45, 2.75) is 112 Å². The number of benzene rings is 4. The third kappa shape index (κ3) is 6.82. The van der Waals surface area contributed by atoms with Crippen molar-refractivity contribution in [3.63, 3.8) is 0 Å². The van der Waals surface area contributed by atoms with Crippen LogP contribution in [0.4, 0.5) is 0 Å². The molecule has 4 heteroatoms. The summed E-state index contributed by atoms with van der Waals surface area (Å²) in [5.41, 5.74) is 14.9. The fourth-order valence-electron chi connectivity index (χ4n) is 8.58. The molecule has 0 saturated carbocycles. The van der Waals surface area contributed by atoms with Crippen LogP contribution in [0, 0.1) is 0 Å². The van der Waals surface area contributed by atoms with E-state index in [-0.39, 0.29) is 18.1 Å². The Morgan fingerprint density at radius 1 is 0.640 bits per heavy atom. The second kappa shape index (κ2) is 14.1. The van der Waals surface area contributed by atoms with Gasteiger partial charge in [0.05, 0.1) is 0 Å². The molecule has 263 valence electrons. The predicted molar refractivity (Wildman–Crippen MR) is 223 cm³/mol. The van der Waals surface area contributed by atoms with E-state index in [9.17, 15) is 0 Å². The van der Waals surface area contributed by atoms with Crippen molar-refractivity contribution in [1.82, 2.24) is 0 Å². The van der Waals surface area contributed by atoms with E-state index in [1.807, 2.05) is 0 Å². The fraction of sp³-hybridized carbons (Fsp3) is 0.391. The number of hydrogen-bond donors (Lipinski definition) is 0. The first-order valence-corrected chi connectivity index (χ1v) is 35.3. The van der Waals surface area contributed by atoms with Gasteiger partial charge < -0.3 is 0 Å². The van der Waals surface area contributed by atoms with Gasteiger partial charge in [0.15, 0.2) is 0 Å². The molecular weight excluding hydrogens is 743 g/mol. The van der Waals surface area contributed by atoms with E-state index in [0.717, 1.165) is 6.42 Å². The van der Waals surface area contributed by atoms with Crippen molar-refractivity contribution in [3.8, 4) is 22.3 Å². The van der Waals surface area contributed by atoms with Crippen LogP contribution in [0.2, 0.25) is 13.1 Å². The number of rotatable bonds is 10. The normalized spacial score (nSPS) is 18.2. The van der Waals surface area contributed by atoms with Crippen molar-refractivity contribution in [3.05, 3.63) is 130 Å². The zero-order valence-corrected chi connectivity index (χ0v) is 37.0. The van der Waals surface area contributed by atoms with Gasteiger partial charge in [-0.3, -0.25) is 0 Å². The predicted octanol–water partition coefficient (Wildman–Crippen LogP) is 14.8. The van der Waals surface area contributed by atoms with Gasteiger partial charge in [-0.25, -0.2) is 0 Å². The number of hydrogen-bond acceptors (Lipinski definition) is 0. The fourth-order valence-corrected chi connectivity index (χ4v) is 38.0. The summed E-state index contributed by atoms with van der Waals surface area (Å²) in [6.45, 7) is 20.9. The summed E-state index contributed by atoms with van der Waals surface area (Å²) in [6, 6.07) is 32.2. The van der Waals surface area contributed by atoms with Crippen molar-refractivity contribution in [2.24, 2.45) is 0 Å². The van der Waals surface area contributed by atoms with E-state index in [2.05, 4.69) is 165 Å². The zero-order valence-electron chi connectivity index (χ0n) is 31.8. The van der Waals surface area contributed by atoms with Crippen LogP contribution in [0.25, 0.3) is 34.4 Å². The topological polar surface area (TPSA) is 0 Å². The SMILES string of the molecule is CCCCCCC1=Cc2c(-c3ccc(C(C)(C)C)cc3)cccc2[CH]1[Zr]([Cl])([Cl])([CH]1C=Cc2c(-c3ccc(C(C)(C)C)cc3)cccc21)[SiH](C)C. The van der Waals surface area contributed by atoms with Gasteiger partial charge in [-0.15, -0.1) is 0 Å². The maximum atomic E-state index is 8.62. The average Bonchev–Trinajstić information content (AvgIpc) is 3.69. The molecule has 4 aromatic rings. The van der Waals surface area contributed by atoms with Crippen LogP contribution in [-0.2, 0) is 26.4 Å². The van der Waals surface area contributed by atoms with Crippen LogP contribution in [-0.4, -0.2) is 5.92 Å². The third-order valence-electron chi connectivity index (χ3n) is 11.8. The summed E-state index contributed by atoms with van der Waals surface area (Å²) in [7, 11) is 17.2. The first-order valence-electron chi connectivity index (χ1n) is 19.0. The van der Waals surface area contributed by atoms with Crippen molar-refractivity contribution >= 4 is 35.1 Å². The molecule has 2 atom stereocenters. The summed E-state index contributed by atoms with van der Waals surface area (Å²) < 4.78 is 0.201. The molecule has 2 unspecified atom stereocenters. The van der Waals surface area contributed by atoms with E-state index in [4.69, 9.17) is 17.0 Å². The van der Waals surface area contributed by atoms with Gasteiger partial charge in [-0.2, -0.15) is 0 Å². The summed E-state index contributed by atoms with van der Waals surface area (Å²) in [4.78, 5) is 0. The van der Waals surface area contributed by atoms with Crippen LogP contribution < -0.4 is 0 Å². The van der Waals surface area contributed by atoms with Crippen LogP contribution in [0.3, 0.4) is 0 Å². The molecule has 0 nitrogen and oxygen atoms in total. The Labute approximate surface area is 312 Å². The Bertz CT molecular complexity index is 1920. The molecule has 0 amide bonds. The molecule has 2 aliphatic carbocycles. The Hall–Kier alpha value is -1.96. The van der Waals surface area contributed by atoms with Crippen LogP contribution in [0.1, 0.15) is 121 Å². The minimum absolute atomic E-state index is 0.0833. The number of fused-ring (bicyclic) bond motifs is 2. The molecule has 0 fully saturated rings. The van der Waals surface area contributed by atoms with E-state index >= 15 is 0 Å². The van der Waals surface area contributed by atoms with Crippen molar-refractivity contribution in [2.75, 3.05) is 0 Å². The molecule has 0 radical (unpaired) electrons. The molecule has 0 aromatic heterocycles. The Kier molecular flexibility index (Phi) is 10.7. The molecule has 0 N–H and O–H groups in total. The molecule has 0 aliphatic heterocycles. The van der Waals surface area contributed by atoms with Crippen molar-refractivity contribution in [1.29, 1.82) is 0 Å². The molecule has 0 bridgehead atoms. The van der Waals surface area contributed by atoms with Crippen molar-refractivity contribution < 1.29 is 15.6 Å². The van der Waals surface area contributed by atoms with Crippen LogP contribution >= 0.6 is 17.0 Å². The molecule has 0 spiro atoms. The number of halogens is 2. The van der Waals surface area contributed by atoms with E-state index < -0.39 is 21.5 Å². The van der Waals surface area contributed by atoms with Gasteiger partial charge in [0.1, 0.15) is 0 Å². The number of allylic oxidation sites excluding steroid dienone is 2. The molecule has 2 aliphatic rings. The molecular formula is C46H57Cl2SiZr. The van der Waals surface area contributed by atoms with Gasteiger partial charge in [0.25, 0.3) is 0 Å². The summed E-state index contributed by atoms with van der Waals surface area (Å²) >= 11 is -4.77. The Balaban J connectivity index is 1.47. The first kappa shape index (κ1) is 37.8. The van der Waals surface area contributed by atoms with Gasteiger partial charge in [-0.1, -0.05) is 0 Å².